The van der Waals surface area contributed by atoms with Crippen molar-refractivity contribution in [1.29, 1.82) is 0 Å². The Morgan fingerprint density at radius 2 is 1.83 bits per heavy atom. The predicted octanol–water partition coefficient (Wildman–Crippen LogP) is 1.99. The smallest absolute Gasteiger partial charge is 0.356 e. The molecule has 3 N–H and O–H groups in total. The van der Waals surface area contributed by atoms with Crippen LogP contribution in [0.2, 0.25) is 5.02 Å². The number of carboxylic acid groups (broad SMARTS) is 2. The Bertz CT molecular complexity index is 683. The van der Waals surface area contributed by atoms with E-state index in [9.17, 15) is 14.7 Å². The highest BCUT2D eigenvalue weighted by molar-refractivity contribution is 6.35. The van der Waals surface area contributed by atoms with Gasteiger partial charge in [-0.3, -0.25) is 0 Å². The summed E-state index contributed by atoms with van der Waals surface area (Å²) in [5.41, 5.74) is -0.915. The summed E-state index contributed by atoms with van der Waals surface area (Å²) in [7, 11) is 0. The van der Waals surface area contributed by atoms with Crippen LogP contribution in [0.5, 0.6) is 5.75 Å². The number of pyridine rings is 1. The van der Waals surface area contributed by atoms with Crippen molar-refractivity contribution in [2.24, 2.45) is 0 Å². The number of carbonyl (C=O) groups is 2. The fourth-order valence-electron chi connectivity index (χ4n) is 1.56. The van der Waals surface area contributed by atoms with E-state index in [4.69, 9.17) is 21.8 Å². The Labute approximate surface area is 105 Å². The zero-order valence-corrected chi connectivity index (χ0v) is 9.47. The van der Waals surface area contributed by atoms with E-state index in [1.165, 1.54) is 18.2 Å². The number of rotatable bonds is 2. The van der Waals surface area contributed by atoms with Crippen molar-refractivity contribution >= 4 is 34.4 Å². The van der Waals surface area contributed by atoms with Gasteiger partial charge >= 0.3 is 11.9 Å². The van der Waals surface area contributed by atoms with E-state index in [0.29, 0.717) is 0 Å². The standard InChI is InChI=1S/C11H6ClNO5/c12-6-8(11(17)18)13-7-4(9(6)14)2-1-3-5(7)10(15)16/h1-3H,(H,13,14)(H,15,16)(H,17,18). The number of aromatic carboxylic acids is 2. The highest BCUT2D eigenvalue weighted by Crippen LogP contribution is 2.34. The number of aromatic hydroxyl groups is 1. The molecular formula is C11H6ClNO5. The van der Waals surface area contributed by atoms with Crippen molar-refractivity contribution in [2.75, 3.05) is 0 Å². The van der Waals surface area contributed by atoms with Crippen molar-refractivity contribution in [3.63, 3.8) is 0 Å². The molecule has 0 fully saturated rings. The molecular weight excluding hydrogens is 262 g/mol. The maximum atomic E-state index is 11.0. The second-order valence-electron chi connectivity index (χ2n) is 3.44. The van der Waals surface area contributed by atoms with Crippen LogP contribution in [0.25, 0.3) is 10.9 Å². The van der Waals surface area contributed by atoms with Crippen LogP contribution >= 0.6 is 11.6 Å². The molecule has 0 bridgehead atoms. The lowest BCUT2D eigenvalue weighted by Crippen LogP contribution is -2.05. The second kappa shape index (κ2) is 4.15. The maximum Gasteiger partial charge on any atom is 0.356 e. The molecule has 0 atom stereocenters. The molecule has 1 aromatic heterocycles. The number of para-hydroxylation sites is 1. The van der Waals surface area contributed by atoms with E-state index in [0.717, 1.165) is 0 Å². The predicted molar refractivity (Wildman–Crippen MR) is 62.3 cm³/mol. The third-order valence-corrected chi connectivity index (χ3v) is 2.72. The Hall–Kier alpha value is -2.34. The van der Waals surface area contributed by atoms with Crippen LogP contribution in [0.4, 0.5) is 0 Å². The molecule has 2 rings (SSSR count). The quantitative estimate of drug-likeness (QED) is 0.768. The average molecular weight is 268 g/mol. The fraction of sp³-hybridized carbons (Fsp3) is 0. The van der Waals surface area contributed by atoms with Crippen molar-refractivity contribution in [3.05, 3.63) is 34.5 Å². The molecule has 7 heteroatoms. The minimum atomic E-state index is -1.45. The Morgan fingerprint density at radius 1 is 1.17 bits per heavy atom. The van der Waals surface area contributed by atoms with Crippen molar-refractivity contribution < 1.29 is 24.9 Å². The van der Waals surface area contributed by atoms with Gasteiger partial charge in [0.1, 0.15) is 10.8 Å². The number of hydrogen-bond acceptors (Lipinski definition) is 4. The van der Waals surface area contributed by atoms with E-state index >= 15 is 0 Å². The summed E-state index contributed by atoms with van der Waals surface area (Å²) in [5, 5.41) is 27.3. The molecule has 2 aromatic rings. The normalized spacial score (nSPS) is 10.5. The minimum absolute atomic E-state index is 0.0879. The Balaban J connectivity index is 2.96. The van der Waals surface area contributed by atoms with Crippen molar-refractivity contribution in [1.82, 2.24) is 4.98 Å². The van der Waals surface area contributed by atoms with Gasteiger partial charge in [-0.1, -0.05) is 17.7 Å². The van der Waals surface area contributed by atoms with Gasteiger partial charge in [0.15, 0.2) is 5.69 Å². The van der Waals surface area contributed by atoms with Crippen LogP contribution in [0.3, 0.4) is 0 Å². The Morgan fingerprint density at radius 3 is 2.39 bits per heavy atom. The average Bonchev–Trinajstić information content (AvgIpc) is 2.32. The number of fused-ring (bicyclic) bond motifs is 1. The first-order chi connectivity index (χ1) is 8.43. The summed E-state index contributed by atoms with van der Waals surface area (Å²) in [6.45, 7) is 0. The fourth-order valence-corrected chi connectivity index (χ4v) is 1.79. The molecule has 0 spiro atoms. The van der Waals surface area contributed by atoms with Crippen molar-refractivity contribution in [2.45, 2.75) is 0 Å². The summed E-state index contributed by atoms with van der Waals surface area (Å²) in [4.78, 5) is 25.6. The largest absolute Gasteiger partial charge is 0.506 e. The molecule has 0 aliphatic heterocycles. The van der Waals surface area contributed by atoms with E-state index in [1.807, 2.05) is 0 Å². The molecule has 0 saturated heterocycles. The molecule has 18 heavy (non-hydrogen) atoms. The third kappa shape index (κ3) is 1.72. The third-order valence-electron chi connectivity index (χ3n) is 2.36. The van der Waals surface area contributed by atoms with Gasteiger partial charge in [0.2, 0.25) is 0 Å². The lowest BCUT2D eigenvalue weighted by atomic mass is 10.1. The summed E-state index contributed by atoms with van der Waals surface area (Å²) in [6, 6.07) is 4.07. The van der Waals surface area contributed by atoms with Gasteiger partial charge in [-0.25, -0.2) is 14.6 Å². The molecule has 0 aliphatic rings. The van der Waals surface area contributed by atoms with Crippen LogP contribution in [-0.2, 0) is 0 Å². The molecule has 92 valence electrons. The minimum Gasteiger partial charge on any atom is -0.506 e. The van der Waals surface area contributed by atoms with Gasteiger partial charge in [0.05, 0.1) is 11.1 Å². The van der Waals surface area contributed by atoms with Crippen LogP contribution in [0.15, 0.2) is 18.2 Å². The number of carboxylic acids is 2. The van der Waals surface area contributed by atoms with Gasteiger partial charge in [-0.2, -0.15) is 0 Å². The monoisotopic (exact) mass is 267 g/mol. The molecule has 6 nitrogen and oxygen atoms in total. The molecule has 1 heterocycles. The summed E-state index contributed by atoms with van der Waals surface area (Å²) >= 11 is 5.66. The zero-order chi connectivity index (χ0) is 13.4. The van der Waals surface area contributed by atoms with Crippen molar-refractivity contribution in [3.8, 4) is 5.75 Å². The van der Waals surface area contributed by atoms with Gasteiger partial charge in [-0.15, -0.1) is 0 Å². The van der Waals surface area contributed by atoms with E-state index in [1.54, 1.807) is 0 Å². The van der Waals surface area contributed by atoms with Crippen LogP contribution in [-0.4, -0.2) is 32.2 Å². The van der Waals surface area contributed by atoms with Crippen LogP contribution in [0.1, 0.15) is 20.8 Å². The first kappa shape index (κ1) is 12.1. The highest BCUT2D eigenvalue weighted by atomic mass is 35.5. The molecule has 0 radical (unpaired) electrons. The molecule has 0 amide bonds. The number of aromatic nitrogens is 1. The first-order valence-electron chi connectivity index (χ1n) is 4.71. The SMILES string of the molecule is O=C(O)c1nc2c(C(=O)O)cccc2c(O)c1Cl. The maximum absolute atomic E-state index is 11.0. The van der Waals surface area contributed by atoms with Gasteiger partial charge in [-0.05, 0) is 12.1 Å². The number of halogens is 1. The van der Waals surface area contributed by atoms with E-state index in [-0.39, 0.29) is 16.5 Å². The lowest BCUT2D eigenvalue weighted by molar-refractivity contribution is 0.0680. The summed E-state index contributed by atoms with van der Waals surface area (Å²) < 4.78 is 0. The van der Waals surface area contributed by atoms with E-state index < -0.39 is 28.4 Å². The van der Waals surface area contributed by atoms with Gasteiger partial charge < -0.3 is 15.3 Å². The molecule has 0 aliphatic carbocycles. The highest BCUT2D eigenvalue weighted by Gasteiger charge is 2.20. The molecule has 1 aromatic carbocycles. The Kier molecular flexibility index (Phi) is 2.80. The first-order valence-corrected chi connectivity index (χ1v) is 5.09. The van der Waals surface area contributed by atoms with Crippen LogP contribution < -0.4 is 0 Å². The number of hydrogen-bond donors (Lipinski definition) is 3. The number of benzene rings is 1. The second-order valence-corrected chi connectivity index (χ2v) is 3.81. The number of nitrogens with zero attached hydrogens (tertiary/aromatic N) is 1. The zero-order valence-electron chi connectivity index (χ0n) is 8.72. The molecule has 0 unspecified atom stereocenters. The summed E-state index contributed by atoms with van der Waals surface area (Å²) in [5.74, 6) is -3.22. The lowest BCUT2D eigenvalue weighted by Gasteiger charge is -2.07. The van der Waals surface area contributed by atoms with Gasteiger partial charge in [0, 0.05) is 5.39 Å². The molecule has 0 saturated carbocycles. The summed E-state index contributed by atoms with van der Waals surface area (Å²) in [6.07, 6.45) is 0. The van der Waals surface area contributed by atoms with Crippen LogP contribution in [0, 0.1) is 0 Å². The van der Waals surface area contributed by atoms with E-state index in [2.05, 4.69) is 4.98 Å². The topological polar surface area (TPSA) is 108 Å². The van der Waals surface area contributed by atoms with Gasteiger partial charge in [0.25, 0.3) is 0 Å².